The van der Waals surface area contributed by atoms with E-state index in [1.807, 2.05) is 26.0 Å². The van der Waals surface area contributed by atoms with Crippen LogP contribution >= 0.6 is 0 Å². The van der Waals surface area contributed by atoms with Crippen LogP contribution in [0.3, 0.4) is 0 Å². The van der Waals surface area contributed by atoms with Crippen LogP contribution in [0.25, 0.3) is 0 Å². The number of ether oxygens (including phenoxy) is 1. The lowest BCUT2D eigenvalue weighted by Gasteiger charge is -2.27. The minimum absolute atomic E-state index is 0.0800. The van der Waals surface area contributed by atoms with Gasteiger partial charge in [0, 0.05) is 11.1 Å². The highest BCUT2D eigenvalue weighted by molar-refractivity contribution is 5.97. The van der Waals surface area contributed by atoms with Gasteiger partial charge in [0.25, 0.3) is 0 Å². The molecule has 0 bridgehead atoms. The molecule has 0 unspecified atom stereocenters. The van der Waals surface area contributed by atoms with Crippen LogP contribution in [0.5, 0.6) is 0 Å². The van der Waals surface area contributed by atoms with E-state index < -0.39 is 0 Å². The van der Waals surface area contributed by atoms with E-state index in [0.29, 0.717) is 5.90 Å². The summed E-state index contributed by atoms with van der Waals surface area (Å²) in [4.78, 5) is 0. The Balaban J connectivity index is 2.74. The molecule has 1 aromatic rings. The Labute approximate surface area is 97.1 Å². The number of fused-ring (bicyclic) bond motifs is 1. The van der Waals surface area contributed by atoms with Gasteiger partial charge < -0.3 is 4.74 Å². The molecule has 0 atom stereocenters. The van der Waals surface area contributed by atoms with Gasteiger partial charge in [0.15, 0.2) is 0 Å². The molecule has 0 aliphatic carbocycles. The second kappa shape index (κ2) is 3.09. The molecule has 0 aromatic heterocycles. The first-order valence-corrected chi connectivity index (χ1v) is 5.65. The predicted molar refractivity (Wildman–Crippen MR) is 66.1 cm³/mol. The second-order valence-corrected chi connectivity index (χ2v) is 5.92. The maximum atomic E-state index is 7.87. The average molecular weight is 217 g/mol. The maximum absolute atomic E-state index is 7.87. The first-order chi connectivity index (χ1) is 7.23. The Hall–Kier alpha value is -1.31. The second-order valence-electron chi connectivity index (χ2n) is 5.92. The Morgan fingerprint density at radius 3 is 2.38 bits per heavy atom. The fourth-order valence-corrected chi connectivity index (χ4v) is 2.38. The van der Waals surface area contributed by atoms with Crippen molar-refractivity contribution in [3.63, 3.8) is 0 Å². The molecule has 16 heavy (non-hydrogen) atoms. The normalized spacial score (nSPS) is 18.2. The van der Waals surface area contributed by atoms with E-state index in [-0.39, 0.29) is 11.0 Å². The van der Waals surface area contributed by atoms with Crippen molar-refractivity contribution in [3.05, 3.63) is 34.9 Å². The molecule has 86 valence electrons. The molecule has 0 spiro atoms. The molecule has 1 N–H and O–H groups in total. The van der Waals surface area contributed by atoms with Crippen LogP contribution in [-0.2, 0) is 15.8 Å². The summed E-state index contributed by atoms with van der Waals surface area (Å²) in [5.41, 5.74) is 3.09. The van der Waals surface area contributed by atoms with Crippen LogP contribution < -0.4 is 0 Å². The number of rotatable bonds is 0. The van der Waals surface area contributed by atoms with E-state index in [9.17, 15) is 0 Å². The van der Waals surface area contributed by atoms with Gasteiger partial charge in [0.05, 0.1) is 0 Å². The van der Waals surface area contributed by atoms with E-state index in [0.717, 1.165) is 5.56 Å². The Morgan fingerprint density at radius 2 is 1.81 bits per heavy atom. The van der Waals surface area contributed by atoms with Crippen LogP contribution in [0.2, 0.25) is 0 Å². The summed E-state index contributed by atoms with van der Waals surface area (Å²) in [6.07, 6.45) is 0. The van der Waals surface area contributed by atoms with E-state index in [4.69, 9.17) is 10.1 Å². The first kappa shape index (κ1) is 11.2. The van der Waals surface area contributed by atoms with Crippen molar-refractivity contribution in [3.8, 4) is 0 Å². The molecule has 0 saturated carbocycles. The monoisotopic (exact) mass is 217 g/mol. The van der Waals surface area contributed by atoms with Crippen molar-refractivity contribution in [1.29, 1.82) is 5.41 Å². The van der Waals surface area contributed by atoms with E-state index in [1.165, 1.54) is 11.1 Å². The van der Waals surface area contributed by atoms with Gasteiger partial charge in [-0.3, -0.25) is 5.41 Å². The highest BCUT2D eigenvalue weighted by Crippen LogP contribution is 2.41. The minimum atomic E-state index is -0.379. The van der Waals surface area contributed by atoms with Crippen molar-refractivity contribution in [1.82, 2.24) is 0 Å². The van der Waals surface area contributed by atoms with Crippen LogP contribution in [0, 0.1) is 5.41 Å². The van der Waals surface area contributed by atoms with E-state index >= 15 is 0 Å². The summed E-state index contributed by atoms with van der Waals surface area (Å²) in [6.45, 7) is 10.6. The van der Waals surface area contributed by atoms with Gasteiger partial charge in [-0.1, -0.05) is 32.9 Å². The van der Waals surface area contributed by atoms with Crippen molar-refractivity contribution in [2.24, 2.45) is 0 Å². The van der Waals surface area contributed by atoms with Gasteiger partial charge in [-0.05, 0) is 30.9 Å². The lowest BCUT2D eigenvalue weighted by Crippen LogP contribution is -2.23. The summed E-state index contributed by atoms with van der Waals surface area (Å²) in [7, 11) is 0. The van der Waals surface area contributed by atoms with Gasteiger partial charge in [-0.25, -0.2) is 0 Å². The van der Waals surface area contributed by atoms with E-state index in [2.05, 4.69) is 26.8 Å². The lowest BCUT2D eigenvalue weighted by molar-refractivity contribution is 0.108. The molecule has 1 heterocycles. The summed E-state index contributed by atoms with van der Waals surface area (Å²) in [6, 6.07) is 6.13. The Kier molecular flexibility index (Phi) is 2.16. The number of hydrogen-bond acceptors (Lipinski definition) is 2. The zero-order valence-electron chi connectivity index (χ0n) is 10.6. The summed E-state index contributed by atoms with van der Waals surface area (Å²) in [5, 5.41) is 7.87. The smallest absolute Gasteiger partial charge is 0.214 e. The Morgan fingerprint density at radius 1 is 1.19 bits per heavy atom. The molecule has 0 radical (unpaired) electrons. The molecule has 2 nitrogen and oxygen atoms in total. The highest BCUT2D eigenvalue weighted by Gasteiger charge is 2.39. The molecule has 0 saturated heterocycles. The molecule has 1 aromatic carbocycles. The van der Waals surface area contributed by atoms with Crippen molar-refractivity contribution < 1.29 is 4.74 Å². The third kappa shape index (κ3) is 1.53. The largest absolute Gasteiger partial charge is 0.467 e. The lowest BCUT2D eigenvalue weighted by atomic mass is 9.78. The third-order valence-corrected chi connectivity index (χ3v) is 3.08. The molecule has 1 aliphatic rings. The minimum Gasteiger partial charge on any atom is -0.467 e. The van der Waals surface area contributed by atoms with Gasteiger partial charge in [0.2, 0.25) is 5.90 Å². The molecular weight excluding hydrogens is 198 g/mol. The summed E-state index contributed by atoms with van der Waals surface area (Å²) < 4.78 is 5.64. The molecule has 0 fully saturated rings. The van der Waals surface area contributed by atoms with E-state index in [1.54, 1.807) is 0 Å². The fraction of sp³-hybridized carbons (Fsp3) is 0.500. The van der Waals surface area contributed by atoms with Crippen LogP contribution in [0.15, 0.2) is 18.2 Å². The molecule has 2 rings (SSSR count). The number of nitrogens with one attached hydrogen (secondary N) is 1. The quantitative estimate of drug-likeness (QED) is 0.708. The van der Waals surface area contributed by atoms with Crippen LogP contribution in [0.4, 0.5) is 0 Å². The highest BCUT2D eigenvalue weighted by atomic mass is 16.5. The zero-order valence-corrected chi connectivity index (χ0v) is 10.6. The molecular formula is C14H19NO. The molecule has 2 heteroatoms. The topological polar surface area (TPSA) is 33.1 Å². The van der Waals surface area contributed by atoms with Gasteiger partial charge in [-0.2, -0.15) is 0 Å². The zero-order chi connectivity index (χ0) is 12.1. The van der Waals surface area contributed by atoms with Crippen molar-refractivity contribution in [2.75, 3.05) is 0 Å². The van der Waals surface area contributed by atoms with Gasteiger partial charge in [0.1, 0.15) is 5.60 Å². The fourth-order valence-electron chi connectivity index (χ4n) is 2.38. The predicted octanol–water partition coefficient (Wildman–Crippen LogP) is 3.57. The standard InChI is InChI=1S/C14H19NO/c1-13(2,3)10-8-6-7-9-11(10)14(4,5)16-12(9)15/h6-8,15H,1-5H3. The first-order valence-electron chi connectivity index (χ1n) is 5.65. The van der Waals surface area contributed by atoms with Crippen LogP contribution in [0.1, 0.15) is 51.3 Å². The van der Waals surface area contributed by atoms with Gasteiger partial charge in [-0.15, -0.1) is 0 Å². The van der Waals surface area contributed by atoms with Crippen molar-refractivity contribution >= 4 is 5.90 Å². The Bertz CT molecular complexity index is 452. The third-order valence-electron chi connectivity index (χ3n) is 3.08. The summed E-state index contributed by atoms with van der Waals surface area (Å²) in [5.74, 6) is 0.297. The molecule has 0 amide bonds. The summed E-state index contributed by atoms with van der Waals surface area (Å²) >= 11 is 0. The number of benzene rings is 1. The van der Waals surface area contributed by atoms with Gasteiger partial charge >= 0.3 is 0 Å². The van der Waals surface area contributed by atoms with Crippen molar-refractivity contribution in [2.45, 2.75) is 45.6 Å². The molecule has 1 aliphatic heterocycles. The van der Waals surface area contributed by atoms with Crippen LogP contribution in [-0.4, -0.2) is 5.90 Å². The average Bonchev–Trinajstić information content (AvgIpc) is 2.36. The number of hydrogen-bond donors (Lipinski definition) is 1. The SMILES string of the molecule is CC(C)(C)c1cccc2c1C(C)(C)OC2=N. The maximum Gasteiger partial charge on any atom is 0.214 e.